The van der Waals surface area contributed by atoms with Crippen LogP contribution in [-0.2, 0) is 0 Å². The number of hydrogen-bond donors (Lipinski definition) is 1. The highest BCUT2D eigenvalue weighted by atomic mass is 79.9. The number of amides is 1. The predicted octanol–water partition coefficient (Wildman–Crippen LogP) is 3.96. The standard InChI is InChI=1S/C12H10BrClN2O2/c1-6-3-9(13)11(4-10(6)14)16-12(17)8-5-15-18-7(8)2/h3-5H,1-2H3,(H,16,17). The van der Waals surface area contributed by atoms with Crippen molar-refractivity contribution in [3.05, 3.63) is 44.7 Å². The Morgan fingerprint density at radius 2 is 2.17 bits per heavy atom. The van der Waals surface area contributed by atoms with Crippen molar-refractivity contribution >= 4 is 39.1 Å². The second-order valence-corrected chi connectivity index (χ2v) is 5.09. The molecule has 0 saturated heterocycles. The van der Waals surface area contributed by atoms with E-state index in [2.05, 4.69) is 26.4 Å². The monoisotopic (exact) mass is 328 g/mol. The highest BCUT2D eigenvalue weighted by molar-refractivity contribution is 9.10. The predicted molar refractivity (Wildman–Crippen MR) is 73.1 cm³/mol. The molecule has 0 unspecified atom stereocenters. The van der Waals surface area contributed by atoms with Gasteiger partial charge in [0.05, 0.1) is 11.9 Å². The molecule has 6 heteroatoms. The fourth-order valence-corrected chi connectivity index (χ4v) is 2.17. The van der Waals surface area contributed by atoms with Gasteiger partial charge in [-0.25, -0.2) is 0 Å². The summed E-state index contributed by atoms with van der Waals surface area (Å²) in [5, 5.41) is 6.91. The van der Waals surface area contributed by atoms with Gasteiger partial charge < -0.3 is 9.84 Å². The Bertz CT molecular complexity index is 610. The van der Waals surface area contributed by atoms with E-state index in [1.54, 1.807) is 13.0 Å². The van der Waals surface area contributed by atoms with Crippen LogP contribution in [0.2, 0.25) is 5.02 Å². The summed E-state index contributed by atoms with van der Waals surface area (Å²) in [6.07, 6.45) is 1.38. The lowest BCUT2D eigenvalue weighted by atomic mass is 10.2. The van der Waals surface area contributed by atoms with E-state index < -0.39 is 0 Å². The maximum Gasteiger partial charge on any atom is 0.260 e. The van der Waals surface area contributed by atoms with Crippen LogP contribution in [0.3, 0.4) is 0 Å². The first-order valence-electron chi connectivity index (χ1n) is 5.17. The van der Waals surface area contributed by atoms with E-state index in [0.717, 1.165) is 10.0 Å². The molecule has 0 fully saturated rings. The van der Waals surface area contributed by atoms with Gasteiger partial charge in [-0.3, -0.25) is 4.79 Å². The molecule has 0 radical (unpaired) electrons. The Morgan fingerprint density at radius 3 is 2.78 bits per heavy atom. The van der Waals surface area contributed by atoms with Crippen molar-refractivity contribution in [1.82, 2.24) is 5.16 Å². The summed E-state index contributed by atoms with van der Waals surface area (Å²) < 4.78 is 5.62. The molecular weight excluding hydrogens is 320 g/mol. The van der Waals surface area contributed by atoms with Crippen molar-refractivity contribution in [1.29, 1.82) is 0 Å². The van der Waals surface area contributed by atoms with Crippen molar-refractivity contribution in [2.45, 2.75) is 13.8 Å². The van der Waals surface area contributed by atoms with Crippen molar-refractivity contribution in [2.75, 3.05) is 5.32 Å². The first kappa shape index (κ1) is 13.1. The van der Waals surface area contributed by atoms with Crippen molar-refractivity contribution in [3.63, 3.8) is 0 Å². The minimum atomic E-state index is -0.283. The van der Waals surface area contributed by atoms with E-state index in [0.29, 0.717) is 22.0 Å². The van der Waals surface area contributed by atoms with Gasteiger partial charge in [0.15, 0.2) is 0 Å². The SMILES string of the molecule is Cc1cc(Br)c(NC(=O)c2cnoc2C)cc1Cl. The van der Waals surface area contributed by atoms with Gasteiger partial charge in [0, 0.05) is 9.50 Å². The van der Waals surface area contributed by atoms with Gasteiger partial charge in [-0.2, -0.15) is 0 Å². The molecule has 0 bridgehead atoms. The third-order valence-electron chi connectivity index (χ3n) is 2.49. The molecule has 0 spiro atoms. The van der Waals surface area contributed by atoms with Gasteiger partial charge >= 0.3 is 0 Å². The molecule has 18 heavy (non-hydrogen) atoms. The molecule has 0 saturated carbocycles. The zero-order valence-corrected chi connectivity index (χ0v) is 12.1. The van der Waals surface area contributed by atoms with Crippen molar-refractivity contribution in [3.8, 4) is 0 Å². The molecule has 0 aliphatic carbocycles. The summed E-state index contributed by atoms with van der Waals surface area (Å²) in [5.41, 5.74) is 1.94. The second-order valence-electron chi connectivity index (χ2n) is 3.83. The molecule has 1 aromatic heterocycles. The molecule has 1 aromatic carbocycles. The molecule has 4 nitrogen and oxygen atoms in total. The maximum absolute atomic E-state index is 12.0. The molecule has 1 N–H and O–H groups in total. The molecule has 1 heterocycles. The van der Waals surface area contributed by atoms with Crippen molar-refractivity contribution in [2.24, 2.45) is 0 Å². The fraction of sp³-hybridized carbons (Fsp3) is 0.167. The number of hydrogen-bond acceptors (Lipinski definition) is 3. The minimum absolute atomic E-state index is 0.283. The van der Waals surface area contributed by atoms with Gasteiger partial charge in [0.25, 0.3) is 5.91 Å². The number of carbonyl (C=O) groups excluding carboxylic acids is 1. The number of nitrogens with one attached hydrogen (secondary N) is 1. The summed E-state index contributed by atoms with van der Waals surface area (Å²) in [6.45, 7) is 3.57. The van der Waals surface area contributed by atoms with E-state index >= 15 is 0 Å². The number of halogens is 2. The van der Waals surface area contributed by atoms with Crippen LogP contribution < -0.4 is 5.32 Å². The summed E-state index contributed by atoms with van der Waals surface area (Å²) in [6, 6.07) is 3.54. The van der Waals surface area contributed by atoms with Crippen LogP contribution in [0.25, 0.3) is 0 Å². The summed E-state index contributed by atoms with van der Waals surface area (Å²) in [5.74, 6) is 0.191. The molecule has 0 aliphatic heterocycles. The van der Waals surface area contributed by atoms with Gasteiger partial charge in [-0.1, -0.05) is 16.8 Å². The second kappa shape index (κ2) is 5.12. The lowest BCUT2D eigenvalue weighted by molar-refractivity contribution is 0.102. The van der Waals surface area contributed by atoms with Crippen LogP contribution >= 0.6 is 27.5 Å². The Morgan fingerprint density at radius 1 is 1.44 bits per heavy atom. The molecule has 1 amide bonds. The first-order valence-corrected chi connectivity index (χ1v) is 6.34. The van der Waals surface area contributed by atoms with Gasteiger partial charge in [0.2, 0.25) is 0 Å². The molecule has 2 aromatic rings. The van der Waals surface area contributed by atoms with Gasteiger partial charge in [-0.15, -0.1) is 0 Å². The average molecular weight is 330 g/mol. The number of aryl methyl sites for hydroxylation is 2. The number of aromatic nitrogens is 1. The Labute approximate surface area is 117 Å². The Balaban J connectivity index is 2.28. The number of rotatable bonds is 2. The van der Waals surface area contributed by atoms with Crippen LogP contribution in [0.4, 0.5) is 5.69 Å². The smallest absolute Gasteiger partial charge is 0.260 e. The van der Waals surface area contributed by atoms with E-state index in [4.69, 9.17) is 16.1 Å². The zero-order valence-electron chi connectivity index (χ0n) is 9.75. The largest absolute Gasteiger partial charge is 0.361 e. The Hall–Kier alpha value is -1.33. The summed E-state index contributed by atoms with van der Waals surface area (Å²) >= 11 is 9.40. The van der Waals surface area contributed by atoms with E-state index in [1.165, 1.54) is 6.20 Å². The third kappa shape index (κ3) is 2.57. The van der Waals surface area contributed by atoms with E-state index in [1.807, 2.05) is 13.0 Å². The normalized spacial score (nSPS) is 10.4. The quantitative estimate of drug-likeness (QED) is 0.907. The highest BCUT2D eigenvalue weighted by Gasteiger charge is 2.14. The maximum atomic E-state index is 12.0. The molecule has 0 aliphatic rings. The average Bonchev–Trinajstić information content (AvgIpc) is 2.72. The first-order chi connectivity index (χ1) is 8.49. The molecule has 94 valence electrons. The minimum Gasteiger partial charge on any atom is -0.361 e. The molecule has 0 atom stereocenters. The summed E-state index contributed by atoms with van der Waals surface area (Å²) in [7, 11) is 0. The van der Waals surface area contributed by atoms with Gasteiger partial charge in [-0.05, 0) is 47.5 Å². The number of nitrogens with zero attached hydrogens (tertiary/aromatic N) is 1. The number of carbonyl (C=O) groups is 1. The molecule has 2 rings (SSSR count). The van der Waals surface area contributed by atoms with Crippen LogP contribution in [0, 0.1) is 13.8 Å². The number of anilines is 1. The van der Waals surface area contributed by atoms with Crippen LogP contribution in [-0.4, -0.2) is 11.1 Å². The fourth-order valence-electron chi connectivity index (χ4n) is 1.45. The van der Waals surface area contributed by atoms with E-state index in [-0.39, 0.29) is 5.91 Å². The number of benzene rings is 1. The lowest BCUT2D eigenvalue weighted by Gasteiger charge is -2.08. The Kier molecular flexibility index (Phi) is 3.73. The third-order valence-corrected chi connectivity index (χ3v) is 3.56. The van der Waals surface area contributed by atoms with Crippen LogP contribution in [0.5, 0.6) is 0 Å². The van der Waals surface area contributed by atoms with Crippen LogP contribution in [0.15, 0.2) is 27.3 Å². The van der Waals surface area contributed by atoms with E-state index in [9.17, 15) is 4.79 Å². The topological polar surface area (TPSA) is 55.1 Å². The lowest BCUT2D eigenvalue weighted by Crippen LogP contribution is -2.12. The molecular formula is C12H10BrClN2O2. The van der Waals surface area contributed by atoms with Crippen molar-refractivity contribution < 1.29 is 9.32 Å². The van der Waals surface area contributed by atoms with Crippen LogP contribution in [0.1, 0.15) is 21.7 Å². The zero-order chi connectivity index (χ0) is 13.3. The summed E-state index contributed by atoms with van der Waals surface area (Å²) in [4.78, 5) is 12.0. The highest BCUT2D eigenvalue weighted by Crippen LogP contribution is 2.29. The van der Waals surface area contributed by atoms with Gasteiger partial charge in [0.1, 0.15) is 11.3 Å².